The Morgan fingerprint density at radius 1 is 1.37 bits per heavy atom. The third-order valence-corrected chi connectivity index (χ3v) is 4.15. The Morgan fingerprint density at radius 2 is 2.05 bits per heavy atom. The Bertz CT molecular complexity index is 411. The van der Waals surface area contributed by atoms with Crippen LogP contribution < -0.4 is 10.6 Å². The van der Waals surface area contributed by atoms with Crippen LogP contribution >= 0.6 is 0 Å². The normalized spacial score (nSPS) is 17.7. The summed E-state index contributed by atoms with van der Waals surface area (Å²) in [4.78, 5) is 9.50. The van der Waals surface area contributed by atoms with E-state index in [1.807, 2.05) is 6.92 Å². The number of aryl methyl sites for hydroxylation is 1. The molecule has 0 unspecified atom stereocenters. The van der Waals surface area contributed by atoms with Crippen LogP contribution in [0.3, 0.4) is 0 Å². The molecule has 1 aromatic heterocycles. The number of rotatable bonds is 4. The molecule has 2 rings (SSSR count). The first-order chi connectivity index (χ1) is 9.13. The molecular formula is C15H26N4. The van der Waals surface area contributed by atoms with E-state index in [0.717, 1.165) is 18.1 Å². The number of anilines is 1. The number of piperidine rings is 1. The largest absolute Gasteiger partial charge is 0.357 e. The third-order valence-electron chi connectivity index (χ3n) is 4.15. The maximum Gasteiger partial charge on any atom is 0.129 e. The Labute approximate surface area is 116 Å². The lowest BCUT2D eigenvalue weighted by molar-refractivity contribution is 0.220. The molecule has 2 N–H and O–H groups in total. The lowest BCUT2D eigenvalue weighted by Gasteiger charge is -2.37. The Kier molecular flexibility index (Phi) is 4.77. The SMILES string of the molecule is CCN1CCC(N(C)c2cc(CN)cc(C)n2)CC1. The molecule has 0 aliphatic carbocycles. The van der Waals surface area contributed by atoms with Crippen LogP contribution in [0.15, 0.2) is 12.1 Å². The van der Waals surface area contributed by atoms with E-state index in [-0.39, 0.29) is 0 Å². The van der Waals surface area contributed by atoms with Gasteiger partial charge in [-0.2, -0.15) is 0 Å². The van der Waals surface area contributed by atoms with Crippen molar-refractivity contribution >= 4 is 5.82 Å². The molecule has 0 atom stereocenters. The quantitative estimate of drug-likeness (QED) is 0.898. The van der Waals surface area contributed by atoms with Crippen LogP contribution in [0.4, 0.5) is 5.82 Å². The second kappa shape index (κ2) is 6.35. The summed E-state index contributed by atoms with van der Waals surface area (Å²) >= 11 is 0. The molecule has 106 valence electrons. The summed E-state index contributed by atoms with van der Waals surface area (Å²) in [5.74, 6) is 1.07. The monoisotopic (exact) mass is 262 g/mol. The first-order valence-electron chi connectivity index (χ1n) is 7.27. The summed E-state index contributed by atoms with van der Waals surface area (Å²) in [6, 6.07) is 4.79. The van der Waals surface area contributed by atoms with E-state index in [1.165, 1.54) is 31.5 Å². The standard InChI is InChI=1S/C15H26N4/c1-4-19-7-5-14(6-8-19)18(3)15-10-13(11-16)9-12(2)17-15/h9-10,14H,4-8,11,16H2,1-3H3. The van der Waals surface area contributed by atoms with Crippen LogP contribution in [0.2, 0.25) is 0 Å². The van der Waals surface area contributed by atoms with Gasteiger partial charge in [-0.15, -0.1) is 0 Å². The fourth-order valence-electron chi connectivity index (χ4n) is 2.83. The number of likely N-dealkylation sites (tertiary alicyclic amines) is 1. The zero-order valence-corrected chi connectivity index (χ0v) is 12.4. The summed E-state index contributed by atoms with van der Waals surface area (Å²) < 4.78 is 0. The Morgan fingerprint density at radius 3 is 2.63 bits per heavy atom. The van der Waals surface area contributed by atoms with Gasteiger partial charge in [0.05, 0.1) is 0 Å². The van der Waals surface area contributed by atoms with Crippen molar-refractivity contribution in [3.05, 3.63) is 23.4 Å². The minimum absolute atomic E-state index is 0.582. The second-order valence-electron chi connectivity index (χ2n) is 5.46. The van der Waals surface area contributed by atoms with Gasteiger partial charge in [0.1, 0.15) is 5.82 Å². The molecule has 2 heterocycles. The minimum atomic E-state index is 0.582. The van der Waals surface area contributed by atoms with Crippen molar-refractivity contribution in [1.29, 1.82) is 0 Å². The van der Waals surface area contributed by atoms with Crippen LogP contribution in [0, 0.1) is 6.92 Å². The van der Waals surface area contributed by atoms with Crippen molar-refractivity contribution in [3.63, 3.8) is 0 Å². The fraction of sp³-hybridized carbons (Fsp3) is 0.667. The van der Waals surface area contributed by atoms with Crippen LogP contribution in [0.5, 0.6) is 0 Å². The predicted octanol–water partition coefficient (Wildman–Crippen LogP) is 1.77. The van der Waals surface area contributed by atoms with Crippen LogP contribution in [0.1, 0.15) is 31.0 Å². The van der Waals surface area contributed by atoms with Crippen molar-refractivity contribution in [1.82, 2.24) is 9.88 Å². The number of pyridine rings is 1. The molecule has 1 aliphatic heterocycles. The Balaban J connectivity index is 2.07. The summed E-state index contributed by atoms with van der Waals surface area (Å²) in [6.07, 6.45) is 2.44. The zero-order chi connectivity index (χ0) is 13.8. The van der Waals surface area contributed by atoms with Gasteiger partial charge in [0.2, 0.25) is 0 Å². The minimum Gasteiger partial charge on any atom is -0.357 e. The summed E-state index contributed by atoms with van der Waals surface area (Å²) in [5.41, 5.74) is 7.97. The molecule has 4 heteroatoms. The van der Waals surface area contributed by atoms with Gasteiger partial charge < -0.3 is 15.5 Å². The van der Waals surface area contributed by atoms with Gasteiger partial charge in [-0.3, -0.25) is 0 Å². The molecule has 0 radical (unpaired) electrons. The highest BCUT2D eigenvalue weighted by atomic mass is 15.2. The molecule has 1 fully saturated rings. The van der Waals surface area contributed by atoms with E-state index in [4.69, 9.17) is 5.73 Å². The van der Waals surface area contributed by atoms with Crippen molar-refractivity contribution in [3.8, 4) is 0 Å². The van der Waals surface area contributed by atoms with E-state index < -0.39 is 0 Å². The van der Waals surface area contributed by atoms with Gasteiger partial charge in [0, 0.05) is 38.4 Å². The van der Waals surface area contributed by atoms with Gasteiger partial charge in [-0.25, -0.2) is 4.98 Å². The average molecular weight is 262 g/mol. The number of hydrogen-bond donors (Lipinski definition) is 1. The van der Waals surface area contributed by atoms with Gasteiger partial charge in [-0.05, 0) is 44.0 Å². The summed E-state index contributed by atoms with van der Waals surface area (Å²) in [7, 11) is 2.16. The van der Waals surface area contributed by atoms with E-state index in [0.29, 0.717) is 12.6 Å². The van der Waals surface area contributed by atoms with Crippen molar-refractivity contribution in [2.75, 3.05) is 31.6 Å². The highest BCUT2D eigenvalue weighted by Gasteiger charge is 2.22. The summed E-state index contributed by atoms with van der Waals surface area (Å²) in [6.45, 7) is 8.41. The molecule has 1 aromatic rings. The first-order valence-corrected chi connectivity index (χ1v) is 7.27. The molecule has 0 spiro atoms. The molecule has 4 nitrogen and oxygen atoms in total. The number of aromatic nitrogens is 1. The lowest BCUT2D eigenvalue weighted by atomic mass is 10.0. The maximum atomic E-state index is 5.75. The number of hydrogen-bond acceptors (Lipinski definition) is 4. The topological polar surface area (TPSA) is 45.4 Å². The van der Waals surface area contributed by atoms with E-state index in [1.54, 1.807) is 0 Å². The van der Waals surface area contributed by atoms with Crippen molar-refractivity contribution < 1.29 is 0 Å². The molecule has 0 bridgehead atoms. The highest BCUT2D eigenvalue weighted by molar-refractivity contribution is 5.43. The van der Waals surface area contributed by atoms with Crippen LogP contribution in [0.25, 0.3) is 0 Å². The number of nitrogens with two attached hydrogens (primary N) is 1. The van der Waals surface area contributed by atoms with Crippen molar-refractivity contribution in [2.45, 2.75) is 39.3 Å². The van der Waals surface area contributed by atoms with E-state index in [2.05, 4.69) is 40.9 Å². The highest BCUT2D eigenvalue weighted by Crippen LogP contribution is 2.21. The van der Waals surface area contributed by atoms with Gasteiger partial charge >= 0.3 is 0 Å². The summed E-state index contributed by atoms with van der Waals surface area (Å²) in [5, 5.41) is 0. The zero-order valence-electron chi connectivity index (χ0n) is 12.4. The second-order valence-corrected chi connectivity index (χ2v) is 5.46. The van der Waals surface area contributed by atoms with Crippen LogP contribution in [-0.4, -0.2) is 42.6 Å². The Hall–Kier alpha value is -1.13. The predicted molar refractivity (Wildman–Crippen MR) is 80.4 cm³/mol. The van der Waals surface area contributed by atoms with Gasteiger partial charge in [0.15, 0.2) is 0 Å². The lowest BCUT2D eigenvalue weighted by Crippen LogP contribution is -2.43. The molecular weight excluding hydrogens is 236 g/mol. The van der Waals surface area contributed by atoms with Crippen LogP contribution in [-0.2, 0) is 6.54 Å². The average Bonchev–Trinajstić information content (AvgIpc) is 2.46. The smallest absolute Gasteiger partial charge is 0.129 e. The molecule has 19 heavy (non-hydrogen) atoms. The van der Waals surface area contributed by atoms with Gasteiger partial charge in [-0.1, -0.05) is 6.92 Å². The first kappa shape index (κ1) is 14.3. The maximum absolute atomic E-state index is 5.75. The molecule has 0 saturated carbocycles. The van der Waals surface area contributed by atoms with E-state index >= 15 is 0 Å². The fourth-order valence-corrected chi connectivity index (χ4v) is 2.83. The molecule has 1 aliphatic rings. The molecule has 0 amide bonds. The van der Waals surface area contributed by atoms with E-state index in [9.17, 15) is 0 Å². The molecule has 1 saturated heterocycles. The molecule has 0 aromatic carbocycles. The number of nitrogens with zero attached hydrogens (tertiary/aromatic N) is 3. The van der Waals surface area contributed by atoms with Gasteiger partial charge in [0.25, 0.3) is 0 Å². The third kappa shape index (κ3) is 3.45. The van der Waals surface area contributed by atoms with Crippen molar-refractivity contribution in [2.24, 2.45) is 5.73 Å².